The minimum absolute atomic E-state index is 0.269. The molecule has 1 atom stereocenters. The zero-order chi connectivity index (χ0) is 19.1. The number of hydrogen-bond donors (Lipinski definition) is 1. The second kappa shape index (κ2) is 6.79. The smallest absolute Gasteiger partial charge is 0.276 e. The topological polar surface area (TPSA) is 64.0 Å². The van der Waals surface area contributed by atoms with Crippen LogP contribution >= 0.6 is 22.9 Å². The number of nitrogens with zero attached hydrogens (tertiary/aromatic N) is 2. The van der Waals surface area contributed by atoms with Crippen molar-refractivity contribution in [2.24, 2.45) is 0 Å². The lowest BCUT2D eigenvalue weighted by molar-refractivity contribution is -0.119. The maximum absolute atomic E-state index is 13.1. The fourth-order valence-electron chi connectivity index (χ4n) is 3.05. The van der Waals surface area contributed by atoms with Crippen LogP contribution in [-0.4, -0.2) is 15.7 Å². The van der Waals surface area contributed by atoms with Gasteiger partial charge in [0, 0.05) is 10.1 Å². The molecule has 136 valence electrons. The van der Waals surface area contributed by atoms with Crippen LogP contribution in [0.4, 0.5) is 5.69 Å². The molecule has 0 saturated heterocycles. The molecule has 1 N–H and O–H groups in total. The maximum atomic E-state index is 13.1. The quantitative estimate of drug-likeness (QED) is 0.541. The van der Waals surface area contributed by atoms with Gasteiger partial charge in [-0.2, -0.15) is 5.10 Å². The first kappa shape index (κ1) is 17.7. The van der Waals surface area contributed by atoms with Gasteiger partial charge in [-0.25, -0.2) is 4.68 Å². The Bertz CT molecular complexity index is 1250. The van der Waals surface area contributed by atoms with Gasteiger partial charge in [-0.15, -0.1) is 11.3 Å². The zero-order valence-electron chi connectivity index (χ0n) is 14.7. The number of halogens is 1. The fourth-order valence-corrected chi connectivity index (χ4v) is 4.37. The van der Waals surface area contributed by atoms with Crippen LogP contribution in [-0.2, 0) is 4.79 Å². The molecule has 0 spiro atoms. The van der Waals surface area contributed by atoms with Crippen LogP contribution in [0, 0.1) is 6.92 Å². The molecule has 0 unspecified atom stereocenters. The first-order valence-electron chi connectivity index (χ1n) is 8.43. The van der Waals surface area contributed by atoms with Gasteiger partial charge >= 0.3 is 0 Å². The van der Waals surface area contributed by atoms with Crippen molar-refractivity contribution in [3.8, 4) is 0 Å². The summed E-state index contributed by atoms with van der Waals surface area (Å²) in [5.41, 5.74) is 0.959. The number of rotatable bonds is 3. The Kier molecular flexibility index (Phi) is 4.45. The summed E-state index contributed by atoms with van der Waals surface area (Å²) in [5, 5.41) is 9.11. The van der Waals surface area contributed by atoms with Gasteiger partial charge < -0.3 is 5.32 Å². The molecule has 0 aliphatic carbocycles. The number of carbonyl (C=O) groups excluding carboxylic acids is 1. The third-order valence-electron chi connectivity index (χ3n) is 4.48. The van der Waals surface area contributed by atoms with Crippen molar-refractivity contribution in [2.45, 2.75) is 19.9 Å². The minimum atomic E-state index is -0.782. The molecular weight excluding hydrogens is 382 g/mol. The van der Waals surface area contributed by atoms with Crippen molar-refractivity contribution in [1.82, 2.24) is 9.78 Å². The standard InChI is InChI=1S/C20H16ClN3O2S/c1-11-18-17(13-7-3-6-10-16(13)27-18)20(26)24(23-11)12(2)19(25)22-15-9-5-4-8-14(15)21/h3-10,12H,1-2H3,(H,22,25)/t12-/m1/s1. The van der Waals surface area contributed by atoms with Gasteiger partial charge in [0.05, 0.1) is 26.5 Å². The average molecular weight is 398 g/mol. The first-order valence-corrected chi connectivity index (χ1v) is 9.63. The van der Waals surface area contributed by atoms with Gasteiger partial charge in [0.1, 0.15) is 6.04 Å². The lowest BCUT2D eigenvalue weighted by Crippen LogP contribution is -2.33. The lowest BCUT2D eigenvalue weighted by Gasteiger charge is -2.15. The van der Waals surface area contributed by atoms with E-state index in [4.69, 9.17) is 11.6 Å². The summed E-state index contributed by atoms with van der Waals surface area (Å²) in [5.74, 6) is -0.351. The third kappa shape index (κ3) is 3.01. The van der Waals surface area contributed by atoms with Gasteiger partial charge in [0.25, 0.3) is 5.56 Å². The number of para-hydroxylation sites is 1. The van der Waals surface area contributed by atoms with Crippen LogP contribution in [0.25, 0.3) is 20.2 Å². The zero-order valence-corrected chi connectivity index (χ0v) is 16.3. The minimum Gasteiger partial charge on any atom is -0.323 e. The molecule has 0 aliphatic heterocycles. The molecule has 2 aromatic carbocycles. The summed E-state index contributed by atoms with van der Waals surface area (Å²) in [7, 11) is 0. The van der Waals surface area contributed by atoms with Crippen LogP contribution in [0.15, 0.2) is 53.3 Å². The van der Waals surface area contributed by atoms with Crippen LogP contribution in [0.2, 0.25) is 5.02 Å². The molecule has 2 heterocycles. The SMILES string of the molecule is Cc1nn([C@H](C)C(=O)Nc2ccccc2Cl)c(=O)c2c1sc1ccccc12. The van der Waals surface area contributed by atoms with Crippen molar-refractivity contribution >= 4 is 54.7 Å². The molecule has 2 aromatic heterocycles. The molecule has 0 bridgehead atoms. The molecule has 4 aromatic rings. The highest BCUT2D eigenvalue weighted by atomic mass is 35.5. The Morgan fingerprint density at radius 3 is 2.67 bits per heavy atom. The fraction of sp³-hybridized carbons (Fsp3) is 0.150. The summed E-state index contributed by atoms with van der Waals surface area (Å²) in [6.45, 7) is 3.51. The predicted octanol–water partition coefficient (Wildman–Crippen LogP) is 4.77. The van der Waals surface area contributed by atoms with E-state index in [0.29, 0.717) is 16.1 Å². The van der Waals surface area contributed by atoms with Gasteiger partial charge in [-0.1, -0.05) is 41.9 Å². The van der Waals surface area contributed by atoms with E-state index in [0.717, 1.165) is 20.5 Å². The molecule has 0 radical (unpaired) electrons. The number of aryl methyl sites for hydroxylation is 1. The number of amides is 1. The van der Waals surface area contributed by atoms with E-state index in [2.05, 4.69) is 10.4 Å². The molecule has 1 amide bonds. The van der Waals surface area contributed by atoms with Crippen molar-refractivity contribution in [3.63, 3.8) is 0 Å². The largest absolute Gasteiger partial charge is 0.323 e. The van der Waals surface area contributed by atoms with Crippen molar-refractivity contribution in [1.29, 1.82) is 0 Å². The number of benzene rings is 2. The van der Waals surface area contributed by atoms with Crippen LogP contribution in [0.5, 0.6) is 0 Å². The van der Waals surface area contributed by atoms with Crippen molar-refractivity contribution in [3.05, 3.63) is 69.6 Å². The molecule has 0 fully saturated rings. The molecule has 0 saturated carbocycles. The second-order valence-corrected chi connectivity index (χ2v) is 7.74. The highest BCUT2D eigenvalue weighted by Gasteiger charge is 2.22. The number of fused-ring (bicyclic) bond motifs is 3. The maximum Gasteiger partial charge on any atom is 0.276 e. The molecular formula is C20H16ClN3O2S. The Morgan fingerprint density at radius 2 is 1.89 bits per heavy atom. The summed E-state index contributed by atoms with van der Waals surface area (Å²) in [6, 6.07) is 13.9. The predicted molar refractivity (Wildman–Crippen MR) is 111 cm³/mol. The highest BCUT2D eigenvalue weighted by molar-refractivity contribution is 7.26. The molecule has 0 aliphatic rings. The highest BCUT2D eigenvalue weighted by Crippen LogP contribution is 2.33. The second-order valence-electron chi connectivity index (χ2n) is 6.28. The van der Waals surface area contributed by atoms with Gasteiger partial charge in [0.15, 0.2) is 0 Å². The number of carbonyl (C=O) groups is 1. The molecule has 27 heavy (non-hydrogen) atoms. The third-order valence-corrected chi connectivity index (χ3v) is 6.09. The lowest BCUT2D eigenvalue weighted by atomic mass is 10.2. The number of thiophene rings is 1. The van der Waals surface area contributed by atoms with Crippen molar-refractivity contribution in [2.75, 3.05) is 5.32 Å². The van der Waals surface area contributed by atoms with Gasteiger partial charge in [-0.3, -0.25) is 9.59 Å². The molecule has 7 heteroatoms. The van der Waals surface area contributed by atoms with Crippen molar-refractivity contribution < 1.29 is 4.79 Å². The molecule has 4 rings (SSSR count). The Hall–Kier alpha value is -2.70. The van der Waals surface area contributed by atoms with Crippen LogP contribution in [0.3, 0.4) is 0 Å². The van der Waals surface area contributed by atoms with E-state index in [9.17, 15) is 9.59 Å². The van der Waals surface area contributed by atoms with E-state index in [1.807, 2.05) is 31.2 Å². The van der Waals surface area contributed by atoms with Crippen LogP contribution < -0.4 is 10.9 Å². The normalized spacial score (nSPS) is 12.4. The summed E-state index contributed by atoms with van der Waals surface area (Å²) in [4.78, 5) is 25.8. The Labute approximate surface area is 164 Å². The van der Waals surface area contributed by atoms with E-state index in [-0.39, 0.29) is 11.5 Å². The summed E-state index contributed by atoms with van der Waals surface area (Å²) < 4.78 is 3.14. The number of hydrogen-bond acceptors (Lipinski definition) is 4. The van der Waals surface area contributed by atoms with E-state index >= 15 is 0 Å². The van der Waals surface area contributed by atoms with E-state index in [1.165, 1.54) is 4.68 Å². The monoisotopic (exact) mass is 397 g/mol. The first-order chi connectivity index (χ1) is 13.0. The number of aromatic nitrogens is 2. The van der Waals surface area contributed by atoms with Gasteiger partial charge in [-0.05, 0) is 32.0 Å². The Morgan fingerprint density at radius 1 is 1.19 bits per heavy atom. The number of anilines is 1. The van der Waals surface area contributed by atoms with Gasteiger partial charge in [0.2, 0.25) is 5.91 Å². The summed E-state index contributed by atoms with van der Waals surface area (Å²) in [6.07, 6.45) is 0. The van der Waals surface area contributed by atoms with E-state index in [1.54, 1.807) is 42.5 Å². The molecule has 5 nitrogen and oxygen atoms in total. The van der Waals surface area contributed by atoms with E-state index < -0.39 is 6.04 Å². The average Bonchev–Trinajstić information content (AvgIpc) is 3.06. The van der Waals surface area contributed by atoms with Crippen LogP contribution in [0.1, 0.15) is 18.7 Å². The Balaban J connectivity index is 1.80. The number of nitrogens with one attached hydrogen (secondary N) is 1. The summed E-state index contributed by atoms with van der Waals surface area (Å²) >= 11 is 7.65.